The van der Waals surface area contributed by atoms with Crippen LogP contribution in [0.25, 0.3) is 11.1 Å². The van der Waals surface area contributed by atoms with Crippen LogP contribution >= 0.6 is 69.6 Å². The lowest BCUT2D eigenvalue weighted by atomic mass is 10.1. The molecule has 124 valence electrons. The van der Waals surface area contributed by atoms with Crippen LogP contribution < -0.4 is 4.74 Å². The molecule has 0 aliphatic carbocycles. The minimum absolute atomic E-state index is 0.0301. The molecule has 0 N–H and O–H groups in total. The first-order valence-corrected chi connectivity index (χ1v) is 7.86. The lowest BCUT2D eigenvalue weighted by Crippen LogP contribution is -2.17. The van der Waals surface area contributed by atoms with E-state index in [2.05, 4.69) is 4.74 Å². The normalized spacial score (nSPS) is 11.7. The summed E-state index contributed by atoms with van der Waals surface area (Å²) in [5.41, 5.74) is 0.368. The molecule has 0 saturated carbocycles. The van der Waals surface area contributed by atoms with Crippen molar-refractivity contribution in [3.05, 3.63) is 48.3 Å². The van der Waals surface area contributed by atoms with Crippen LogP contribution in [0, 0.1) is 0 Å². The van der Waals surface area contributed by atoms with E-state index >= 15 is 0 Å². The molecule has 0 fully saturated rings. The van der Waals surface area contributed by atoms with Crippen LogP contribution in [0.2, 0.25) is 30.1 Å². The van der Waals surface area contributed by atoms with E-state index < -0.39 is 12.1 Å². The molecular weight excluding hydrogens is 442 g/mol. The first-order chi connectivity index (χ1) is 10.5. The molecule has 23 heavy (non-hydrogen) atoms. The number of hydrogen-bond donors (Lipinski definition) is 0. The summed E-state index contributed by atoms with van der Waals surface area (Å²) in [7, 11) is 0. The van der Waals surface area contributed by atoms with E-state index in [0.29, 0.717) is 0 Å². The van der Waals surface area contributed by atoms with Gasteiger partial charge in [-0.05, 0) is 18.2 Å². The minimum Gasteiger partial charge on any atom is -0.406 e. The smallest absolute Gasteiger partial charge is 0.406 e. The fraction of sp³-hybridized carbons (Fsp3) is 0.0769. The molecule has 0 bridgehead atoms. The molecule has 0 spiro atoms. The first-order valence-electron chi connectivity index (χ1n) is 5.60. The van der Waals surface area contributed by atoms with Gasteiger partial charge >= 0.3 is 6.36 Å². The highest BCUT2D eigenvalue weighted by molar-refractivity contribution is 6.56. The van der Waals surface area contributed by atoms with Gasteiger partial charge in [-0.1, -0.05) is 69.6 Å². The van der Waals surface area contributed by atoms with Gasteiger partial charge in [-0.2, -0.15) is 0 Å². The van der Waals surface area contributed by atoms with Gasteiger partial charge in [0.1, 0.15) is 5.75 Å². The van der Waals surface area contributed by atoms with E-state index in [-0.39, 0.29) is 41.3 Å². The quantitative estimate of drug-likeness (QED) is 0.335. The van der Waals surface area contributed by atoms with Gasteiger partial charge < -0.3 is 4.74 Å². The third-order valence-electron chi connectivity index (χ3n) is 2.65. The second-order valence-corrected chi connectivity index (χ2v) is 6.43. The zero-order valence-corrected chi connectivity index (χ0v) is 15.1. The Hall–Kier alpha value is -0.230. The Morgan fingerprint density at radius 2 is 1.22 bits per heavy atom. The van der Waals surface area contributed by atoms with Gasteiger partial charge in [0, 0.05) is 11.1 Å². The highest BCUT2D eigenvalue weighted by atomic mass is 35.5. The summed E-state index contributed by atoms with van der Waals surface area (Å²) in [6.45, 7) is 0. The van der Waals surface area contributed by atoms with Crippen molar-refractivity contribution in [2.75, 3.05) is 0 Å². The largest absolute Gasteiger partial charge is 0.573 e. The molecule has 0 aliphatic heterocycles. The van der Waals surface area contributed by atoms with Gasteiger partial charge in [-0.25, -0.2) is 0 Å². The molecule has 2 aromatic carbocycles. The summed E-state index contributed by atoms with van der Waals surface area (Å²) in [4.78, 5) is 0. The van der Waals surface area contributed by atoms with Crippen molar-refractivity contribution >= 4 is 69.6 Å². The van der Waals surface area contributed by atoms with Crippen LogP contribution in [0.3, 0.4) is 0 Å². The highest BCUT2D eigenvalue weighted by Crippen LogP contribution is 2.49. The molecule has 0 aliphatic rings. The van der Waals surface area contributed by atoms with Gasteiger partial charge in [-0.15, -0.1) is 13.2 Å². The number of halogens is 9. The first kappa shape index (κ1) is 19.1. The van der Waals surface area contributed by atoms with Gasteiger partial charge in [0.15, 0.2) is 0 Å². The van der Waals surface area contributed by atoms with Crippen LogP contribution in [0.1, 0.15) is 0 Å². The SMILES string of the molecule is FC(F)(F)Oc1ccc(-c2c(Cl)c(Cl)c(Cl)c(Cl)c2Cl)c(Cl)c1. The number of hydrogen-bond acceptors (Lipinski definition) is 1. The molecule has 10 heteroatoms. The Labute approximate surface area is 158 Å². The Kier molecular flexibility index (Phi) is 5.77. The van der Waals surface area contributed by atoms with Crippen molar-refractivity contribution in [2.45, 2.75) is 6.36 Å². The lowest BCUT2D eigenvalue weighted by molar-refractivity contribution is -0.274. The third kappa shape index (κ3) is 4.06. The van der Waals surface area contributed by atoms with Crippen molar-refractivity contribution in [1.29, 1.82) is 0 Å². The molecule has 0 atom stereocenters. The number of benzene rings is 2. The molecular formula is C13H3Cl6F3O. The zero-order valence-electron chi connectivity index (χ0n) is 10.5. The van der Waals surface area contributed by atoms with Crippen molar-refractivity contribution in [3.8, 4) is 16.9 Å². The van der Waals surface area contributed by atoms with E-state index in [1.807, 2.05) is 0 Å². The summed E-state index contributed by atoms with van der Waals surface area (Å²) >= 11 is 36.0. The van der Waals surface area contributed by atoms with Gasteiger partial charge in [0.05, 0.1) is 30.1 Å². The highest BCUT2D eigenvalue weighted by Gasteiger charge is 2.31. The Balaban J connectivity index is 2.60. The Morgan fingerprint density at radius 1 is 0.739 bits per heavy atom. The van der Waals surface area contributed by atoms with Crippen LogP contribution in [-0.2, 0) is 0 Å². The molecule has 2 rings (SSSR count). The van der Waals surface area contributed by atoms with Gasteiger partial charge in [-0.3, -0.25) is 0 Å². The van der Waals surface area contributed by atoms with Crippen molar-refractivity contribution in [3.63, 3.8) is 0 Å². The van der Waals surface area contributed by atoms with Crippen LogP contribution in [-0.4, -0.2) is 6.36 Å². The maximum Gasteiger partial charge on any atom is 0.573 e. The van der Waals surface area contributed by atoms with Gasteiger partial charge in [0.25, 0.3) is 0 Å². The fourth-order valence-electron chi connectivity index (χ4n) is 1.74. The molecule has 0 unspecified atom stereocenters. The zero-order chi connectivity index (χ0) is 17.5. The van der Waals surface area contributed by atoms with Gasteiger partial charge in [0.2, 0.25) is 0 Å². The topological polar surface area (TPSA) is 9.23 Å². The summed E-state index contributed by atoms with van der Waals surface area (Å²) in [6.07, 6.45) is -4.84. The maximum absolute atomic E-state index is 12.2. The minimum atomic E-state index is -4.84. The van der Waals surface area contributed by atoms with E-state index in [1.54, 1.807) is 0 Å². The predicted molar refractivity (Wildman–Crippen MR) is 88.6 cm³/mol. The molecule has 0 saturated heterocycles. The monoisotopic (exact) mass is 442 g/mol. The Morgan fingerprint density at radius 3 is 1.65 bits per heavy atom. The van der Waals surface area contributed by atoms with E-state index in [4.69, 9.17) is 69.6 Å². The van der Waals surface area contributed by atoms with E-state index in [0.717, 1.165) is 12.1 Å². The van der Waals surface area contributed by atoms with Crippen LogP contribution in [0.4, 0.5) is 13.2 Å². The molecule has 0 aromatic heterocycles. The van der Waals surface area contributed by atoms with Crippen LogP contribution in [0.5, 0.6) is 5.75 Å². The molecule has 0 amide bonds. The van der Waals surface area contributed by atoms with E-state index in [1.165, 1.54) is 6.07 Å². The fourth-order valence-corrected chi connectivity index (χ4v) is 3.34. The van der Waals surface area contributed by atoms with Crippen molar-refractivity contribution in [1.82, 2.24) is 0 Å². The number of alkyl halides is 3. The second kappa shape index (κ2) is 6.95. The second-order valence-electron chi connectivity index (χ2n) is 4.13. The summed E-state index contributed by atoms with van der Waals surface area (Å²) < 4.78 is 40.4. The number of rotatable bonds is 2. The average Bonchev–Trinajstić information content (AvgIpc) is 2.44. The number of ether oxygens (including phenoxy) is 1. The standard InChI is InChI=1S/C13H3Cl6F3O/c14-6-3-4(23-13(20,21)22)1-2-5(6)7-8(15)10(17)12(19)11(18)9(7)16/h1-3H. The maximum atomic E-state index is 12.2. The molecule has 1 nitrogen and oxygen atoms in total. The molecule has 2 aromatic rings. The summed E-state index contributed by atoms with van der Waals surface area (Å²) in [6, 6.07) is 3.27. The summed E-state index contributed by atoms with van der Waals surface area (Å²) in [5.74, 6) is -0.496. The Bertz CT molecular complexity index is 746. The van der Waals surface area contributed by atoms with Crippen molar-refractivity contribution < 1.29 is 17.9 Å². The lowest BCUT2D eigenvalue weighted by Gasteiger charge is -2.15. The molecule has 0 heterocycles. The predicted octanol–water partition coefficient (Wildman–Crippen LogP) is 8.17. The van der Waals surface area contributed by atoms with E-state index in [9.17, 15) is 13.2 Å². The third-order valence-corrected chi connectivity index (χ3v) is 5.24. The summed E-state index contributed by atoms with van der Waals surface area (Å²) in [5, 5.41) is -0.297. The molecule has 0 radical (unpaired) electrons. The van der Waals surface area contributed by atoms with Crippen molar-refractivity contribution in [2.24, 2.45) is 0 Å². The average molecular weight is 445 g/mol. The van der Waals surface area contributed by atoms with Crippen LogP contribution in [0.15, 0.2) is 18.2 Å².